The Balaban J connectivity index is 3.89. The highest BCUT2D eigenvalue weighted by molar-refractivity contribution is 5.81. The molecule has 0 spiro atoms. The molecule has 0 aromatic rings. The van der Waals surface area contributed by atoms with Gasteiger partial charge in [0.15, 0.2) is 0 Å². The molecule has 0 aliphatic heterocycles. The van der Waals surface area contributed by atoms with Gasteiger partial charge in [0.1, 0.15) is 6.54 Å². The van der Waals surface area contributed by atoms with Crippen LogP contribution in [0.2, 0.25) is 0 Å². The molecule has 6 heteroatoms. The maximum atomic E-state index is 11.9. The lowest BCUT2D eigenvalue weighted by atomic mass is 10.0. The average Bonchev–Trinajstić information content (AvgIpc) is 2.25. The molecule has 0 saturated heterocycles. The molecular weight excluding hydrogens is 233 g/mol. The van der Waals surface area contributed by atoms with Gasteiger partial charge in [-0.3, -0.25) is 4.79 Å². The Bertz CT molecular complexity index is 227. The fourth-order valence-electron chi connectivity index (χ4n) is 1.35. The third kappa shape index (κ3) is 8.01. The van der Waals surface area contributed by atoms with E-state index in [-0.39, 0.29) is 0 Å². The number of carbonyl (C=O) groups excluding carboxylic acids is 1. The van der Waals surface area contributed by atoms with E-state index in [0.717, 1.165) is 12.8 Å². The number of rotatable bonds is 7. The second kappa shape index (κ2) is 7.53. The summed E-state index contributed by atoms with van der Waals surface area (Å²) in [4.78, 5) is 11.3. The first-order chi connectivity index (χ1) is 7.80. The number of hydrogen-bond acceptors (Lipinski definition) is 2. The molecule has 17 heavy (non-hydrogen) atoms. The maximum Gasteiger partial charge on any atom is 0.405 e. The van der Waals surface area contributed by atoms with Gasteiger partial charge in [-0.05, 0) is 19.4 Å². The van der Waals surface area contributed by atoms with Crippen LogP contribution in [-0.4, -0.2) is 31.2 Å². The Kier molecular flexibility index (Phi) is 7.18. The van der Waals surface area contributed by atoms with E-state index in [4.69, 9.17) is 0 Å². The summed E-state index contributed by atoms with van der Waals surface area (Å²) in [7, 11) is 0. The van der Waals surface area contributed by atoms with E-state index in [9.17, 15) is 18.0 Å². The quantitative estimate of drug-likeness (QED) is 0.730. The first-order valence-corrected chi connectivity index (χ1v) is 5.88. The van der Waals surface area contributed by atoms with Crippen molar-refractivity contribution in [2.24, 2.45) is 5.92 Å². The van der Waals surface area contributed by atoms with Crippen LogP contribution in [0.25, 0.3) is 0 Å². The molecule has 1 atom stereocenters. The van der Waals surface area contributed by atoms with E-state index in [1.807, 2.05) is 19.2 Å². The topological polar surface area (TPSA) is 41.1 Å². The molecule has 0 aromatic heterocycles. The zero-order valence-corrected chi connectivity index (χ0v) is 10.5. The lowest BCUT2D eigenvalue weighted by Gasteiger charge is -2.18. The first-order valence-electron chi connectivity index (χ1n) is 5.88. The van der Waals surface area contributed by atoms with Gasteiger partial charge in [0.2, 0.25) is 5.91 Å². The Morgan fingerprint density at radius 1 is 1.24 bits per heavy atom. The highest BCUT2D eigenvalue weighted by atomic mass is 19.4. The Hall–Kier alpha value is -0.780. The monoisotopic (exact) mass is 254 g/mol. The van der Waals surface area contributed by atoms with Gasteiger partial charge < -0.3 is 10.6 Å². The second-order valence-electron chi connectivity index (χ2n) is 4.15. The van der Waals surface area contributed by atoms with Crippen LogP contribution < -0.4 is 10.6 Å². The van der Waals surface area contributed by atoms with Crippen LogP contribution in [0.5, 0.6) is 0 Å². The van der Waals surface area contributed by atoms with Crippen LogP contribution in [-0.2, 0) is 4.79 Å². The van der Waals surface area contributed by atoms with Crippen molar-refractivity contribution < 1.29 is 18.0 Å². The maximum absolute atomic E-state index is 11.9. The number of halogens is 3. The second-order valence-corrected chi connectivity index (χ2v) is 4.15. The van der Waals surface area contributed by atoms with Crippen molar-refractivity contribution in [3.8, 4) is 0 Å². The molecule has 0 fully saturated rings. The van der Waals surface area contributed by atoms with Crippen molar-refractivity contribution in [2.45, 2.75) is 45.8 Å². The van der Waals surface area contributed by atoms with Crippen molar-refractivity contribution in [3.63, 3.8) is 0 Å². The molecule has 2 N–H and O–H groups in total. The van der Waals surface area contributed by atoms with E-state index in [1.165, 1.54) is 0 Å². The summed E-state index contributed by atoms with van der Waals surface area (Å²) >= 11 is 0. The zero-order valence-electron chi connectivity index (χ0n) is 10.5. The Morgan fingerprint density at radius 3 is 2.18 bits per heavy atom. The number of carbonyl (C=O) groups is 1. The predicted octanol–water partition coefficient (Wildman–Crippen LogP) is 2.08. The highest BCUT2D eigenvalue weighted by Gasteiger charge is 2.28. The molecule has 102 valence electrons. The fraction of sp³-hybridized carbons (Fsp3) is 0.909. The average molecular weight is 254 g/mol. The summed E-state index contributed by atoms with van der Waals surface area (Å²) < 4.78 is 35.6. The molecule has 0 heterocycles. The van der Waals surface area contributed by atoms with E-state index >= 15 is 0 Å². The summed E-state index contributed by atoms with van der Waals surface area (Å²) in [5.74, 6) is -0.166. The molecule has 1 unspecified atom stereocenters. The molecule has 0 radical (unpaired) electrons. The smallest absolute Gasteiger partial charge is 0.346 e. The molecule has 0 aliphatic carbocycles. The van der Waals surface area contributed by atoms with Crippen molar-refractivity contribution >= 4 is 5.91 Å². The van der Waals surface area contributed by atoms with Crippen LogP contribution in [0.4, 0.5) is 13.2 Å². The van der Waals surface area contributed by atoms with Crippen molar-refractivity contribution in [3.05, 3.63) is 0 Å². The number of hydrogen-bond donors (Lipinski definition) is 2. The molecule has 0 bridgehead atoms. The number of alkyl halides is 3. The van der Waals surface area contributed by atoms with Gasteiger partial charge in [-0.25, -0.2) is 0 Å². The van der Waals surface area contributed by atoms with Crippen LogP contribution in [0.1, 0.15) is 33.6 Å². The summed E-state index contributed by atoms with van der Waals surface area (Å²) in [5, 5.41) is 4.80. The van der Waals surface area contributed by atoms with E-state index in [0.29, 0.717) is 12.5 Å². The largest absolute Gasteiger partial charge is 0.405 e. The molecule has 0 aliphatic rings. The highest BCUT2D eigenvalue weighted by Crippen LogP contribution is 2.12. The van der Waals surface area contributed by atoms with Gasteiger partial charge in [-0.15, -0.1) is 0 Å². The zero-order chi connectivity index (χ0) is 13.5. The lowest BCUT2D eigenvalue weighted by molar-refractivity contribution is -0.139. The molecule has 0 saturated carbocycles. The summed E-state index contributed by atoms with van der Waals surface area (Å²) in [6.45, 7) is 5.03. The lowest BCUT2D eigenvalue weighted by Crippen LogP contribution is -2.46. The van der Waals surface area contributed by atoms with Gasteiger partial charge in [0.05, 0.1) is 6.04 Å². The summed E-state index contributed by atoms with van der Waals surface area (Å²) in [6.07, 6.45) is -2.38. The van der Waals surface area contributed by atoms with Gasteiger partial charge >= 0.3 is 6.18 Å². The van der Waals surface area contributed by atoms with Crippen LogP contribution in [0.3, 0.4) is 0 Å². The van der Waals surface area contributed by atoms with Gasteiger partial charge in [-0.1, -0.05) is 26.7 Å². The van der Waals surface area contributed by atoms with Crippen molar-refractivity contribution in [1.29, 1.82) is 0 Å². The van der Waals surface area contributed by atoms with Gasteiger partial charge in [0, 0.05) is 0 Å². The van der Waals surface area contributed by atoms with Gasteiger partial charge in [0.25, 0.3) is 0 Å². The molecule has 3 nitrogen and oxygen atoms in total. The summed E-state index contributed by atoms with van der Waals surface area (Å²) in [5.41, 5.74) is 0. The fourth-order valence-corrected chi connectivity index (χ4v) is 1.35. The normalized spacial score (nSPS) is 13.8. The minimum absolute atomic E-state index is 0.452. The van der Waals surface area contributed by atoms with Crippen LogP contribution in [0.15, 0.2) is 0 Å². The summed E-state index contributed by atoms with van der Waals surface area (Å²) in [6, 6.07) is -0.599. The molecule has 1 amide bonds. The minimum Gasteiger partial charge on any atom is -0.346 e. The number of amides is 1. The van der Waals surface area contributed by atoms with Crippen molar-refractivity contribution in [2.75, 3.05) is 13.1 Å². The Labute approximate surface area is 100 Å². The van der Waals surface area contributed by atoms with E-state index in [1.54, 1.807) is 6.92 Å². The Morgan fingerprint density at radius 2 is 1.76 bits per heavy atom. The third-order valence-electron chi connectivity index (χ3n) is 2.72. The SMILES string of the molecule is CCC(CC)CNC(C)C(=O)NCC(F)(F)F. The van der Waals surface area contributed by atoms with E-state index in [2.05, 4.69) is 5.32 Å². The minimum atomic E-state index is -4.36. The molecule has 0 rings (SSSR count). The predicted molar refractivity (Wildman–Crippen MR) is 60.6 cm³/mol. The molecule has 0 aromatic carbocycles. The van der Waals surface area contributed by atoms with Crippen LogP contribution in [0, 0.1) is 5.92 Å². The first kappa shape index (κ1) is 16.2. The third-order valence-corrected chi connectivity index (χ3v) is 2.72. The van der Waals surface area contributed by atoms with Crippen LogP contribution >= 0.6 is 0 Å². The van der Waals surface area contributed by atoms with Crippen molar-refractivity contribution in [1.82, 2.24) is 10.6 Å². The standard InChI is InChI=1S/C11H21F3N2O/c1-4-9(5-2)6-15-8(3)10(17)16-7-11(12,13)14/h8-9,15H,4-7H2,1-3H3,(H,16,17). The van der Waals surface area contributed by atoms with E-state index < -0.39 is 24.7 Å². The number of nitrogens with one attached hydrogen (secondary N) is 2. The van der Waals surface area contributed by atoms with Gasteiger partial charge in [-0.2, -0.15) is 13.2 Å². The molecular formula is C11H21F3N2O.